The van der Waals surface area contributed by atoms with Crippen molar-refractivity contribution in [3.8, 4) is 0 Å². The molecule has 0 spiro atoms. The number of carbonyl (C=O) groups excluding carboxylic acids is 1. The second-order valence-electron chi connectivity index (χ2n) is 7.93. The van der Waals surface area contributed by atoms with Gasteiger partial charge >= 0.3 is 5.97 Å². The Hall–Kier alpha value is -1.67. The third-order valence-electron chi connectivity index (χ3n) is 5.45. The van der Waals surface area contributed by atoms with Crippen molar-refractivity contribution in [2.45, 2.75) is 57.8 Å². The van der Waals surface area contributed by atoms with Crippen LogP contribution < -0.4 is 0 Å². The molecule has 0 amide bonds. The van der Waals surface area contributed by atoms with E-state index < -0.39 is 18.2 Å². The van der Waals surface area contributed by atoms with Gasteiger partial charge in [0.05, 0.1) is 18.8 Å². The van der Waals surface area contributed by atoms with Crippen molar-refractivity contribution in [2.75, 3.05) is 18.1 Å². The molecule has 0 saturated heterocycles. The Morgan fingerprint density at radius 1 is 1.32 bits per heavy atom. The number of carbonyl (C=O) groups is 2. The Balaban J connectivity index is 1.85. The highest BCUT2D eigenvalue weighted by molar-refractivity contribution is 7.99. The predicted octanol–water partition coefficient (Wildman–Crippen LogP) is 3.24. The first-order valence-electron chi connectivity index (χ1n) is 10.9. The van der Waals surface area contributed by atoms with Crippen molar-refractivity contribution < 1.29 is 29.6 Å². The molecule has 6 nitrogen and oxygen atoms in total. The molecule has 31 heavy (non-hydrogen) atoms. The summed E-state index contributed by atoms with van der Waals surface area (Å²) in [5.74, 6) is 0.233. The van der Waals surface area contributed by atoms with Gasteiger partial charge in [0.2, 0.25) is 0 Å². The van der Waals surface area contributed by atoms with Crippen LogP contribution in [-0.4, -0.2) is 57.4 Å². The van der Waals surface area contributed by atoms with Gasteiger partial charge in [0.15, 0.2) is 0 Å². The normalized spacial score (nSPS) is 22.3. The van der Waals surface area contributed by atoms with Crippen molar-refractivity contribution >= 4 is 23.5 Å². The minimum atomic E-state index is -0.792. The number of Topliss-reactive ketones (excluding diaryl/α,β-unsaturated/α-hetero) is 1. The van der Waals surface area contributed by atoms with Crippen molar-refractivity contribution in [3.05, 3.63) is 47.5 Å². The monoisotopic (exact) mass is 450 g/mol. The van der Waals surface area contributed by atoms with E-state index in [-0.39, 0.29) is 30.5 Å². The van der Waals surface area contributed by atoms with Crippen LogP contribution in [0.1, 0.15) is 43.7 Å². The average Bonchev–Trinajstić information content (AvgIpc) is 2.99. The molecule has 1 aliphatic carbocycles. The van der Waals surface area contributed by atoms with Crippen LogP contribution in [0.5, 0.6) is 0 Å². The van der Waals surface area contributed by atoms with Crippen molar-refractivity contribution in [3.63, 3.8) is 0 Å². The summed E-state index contributed by atoms with van der Waals surface area (Å²) in [6.45, 7) is 3.15. The summed E-state index contributed by atoms with van der Waals surface area (Å²) in [5, 5.41) is 29.4. The summed E-state index contributed by atoms with van der Waals surface area (Å²) in [5.41, 5.74) is 2.07. The number of ether oxygens (including phenoxy) is 1. The highest BCUT2D eigenvalue weighted by Gasteiger charge is 2.39. The summed E-state index contributed by atoms with van der Waals surface area (Å²) in [6, 6.07) is 7.92. The molecule has 2 rings (SSSR count). The second-order valence-corrected chi connectivity index (χ2v) is 9.16. The number of benzene rings is 1. The number of ketones is 1. The molecule has 0 aromatic heterocycles. The summed E-state index contributed by atoms with van der Waals surface area (Å²) < 4.78 is 5.43. The third-order valence-corrected chi connectivity index (χ3v) is 6.55. The Morgan fingerprint density at radius 3 is 2.84 bits per heavy atom. The fraction of sp³-hybridized carbons (Fsp3) is 0.583. The Bertz CT molecular complexity index is 735. The third kappa shape index (κ3) is 9.15. The molecule has 0 heterocycles. The molecule has 1 fully saturated rings. The largest absolute Gasteiger partial charge is 0.481 e. The first-order valence-corrected chi connectivity index (χ1v) is 12.1. The molecule has 1 aromatic rings. The average molecular weight is 451 g/mol. The molecule has 1 aliphatic rings. The molecule has 7 heteroatoms. The van der Waals surface area contributed by atoms with Gasteiger partial charge in [-0.2, -0.15) is 11.8 Å². The quantitative estimate of drug-likeness (QED) is 0.295. The van der Waals surface area contributed by atoms with Gasteiger partial charge in [-0.1, -0.05) is 36.4 Å². The fourth-order valence-corrected chi connectivity index (χ4v) is 4.84. The maximum absolute atomic E-state index is 12.3. The van der Waals surface area contributed by atoms with E-state index in [0.29, 0.717) is 32.5 Å². The van der Waals surface area contributed by atoms with Crippen molar-refractivity contribution in [1.82, 2.24) is 0 Å². The number of carboxylic acids is 1. The summed E-state index contributed by atoms with van der Waals surface area (Å²) in [4.78, 5) is 22.9. The van der Waals surface area contributed by atoms with Gasteiger partial charge in [-0.15, -0.1) is 0 Å². The molecule has 0 radical (unpaired) electrons. The van der Waals surface area contributed by atoms with Crippen LogP contribution in [0, 0.1) is 11.8 Å². The molecule has 4 atom stereocenters. The summed E-state index contributed by atoms with van der Waals surface area (Å²) >= 11 is 1.64. The summed E-state index contributed by atoms with van der Waals surface area (Å²) in [7, 11) is 0. The second kappa shape index (κ2) is 13.7. The molecule has 1 saturated carbocycles. The van der Waals surface area contributed by atoms with Gasteiger partial charge in [0, 0.05) is 37.7 Å². The lowest BCUT2D eigenvalue weighted by Gasteiger charge is -2.18. The minimum Gasteiger partial charge on any atom is -0.481 e. The van der Waals surface area contributed by atoms with Crippen LogP contribution in [0.3, 0.4) is 0 Å². The van der Waals surface area contributed by atoms with Gasteiger partial charge in [0.25, 0.3) is 0 Å². The molecule has 0 aliphatic heterocycles. The zero-order valence-corrected chi connectivity index (χ0v) is 18.9. The fourth-order valence-electron chi connectivity index (χ4n) is 3.86. The van der Waals surface area contributed by atoms with Crippen molar-refractivity contribution in [1.29, 1.82) is 0 Å². The smallest absolute Gasteiger partial charge is 0.303 e. The topological polar surface area (TPSA) is 104 Å². The van der Waals surface area contributed by atoms with E-state index in [4.69, 9.17) is 9.84 Å². The molecule has 1 aromatic carbocycles. The number of thioether (sulfide) groups is 1. The van der Waals surface area contributed by atoms with E-state index in [9.17, 15) is 19.8 Å². The van der Waals surface area contributed by atoms with Crippen LogP contribution in [0.2, 0.25) is 0 Å². The number of hydrogen-bond donors (Lipinski definition) is 3. The van der Waals surface area contributed by atoms with Gasteiger partial charge in [-0.05, 0) is 42.4 Å². The number of rotatable bonds is 14. The maximum atomic E-state index is 12.3. The number of aliphatic hydroxyl groups excluding tert-OH is 2. The van der Waals surface area contributed by atoms with E-state index in [2.05, 4.69) is 0 Å². The zero-order chi connectivity index (χ0) is 22.6. The molecule has 0 unspecified atom stereocenters. The Labute approximate surface area is 188 Å². The van der Waals surface area contributed by atoms with Crippen LogP contribution >= 0.6 is 11.8 Å². The molecular weight excluding hydrogens is 416 g/mol. The van der Waals surface area contributed by atoms with E-state index in [1.165, 1.54) is 0 Å². The first kappa shape index (κ1) is 25.6. The molecule has 172 valence electrons. The molecule has 3 N–H and O–H groups in total. The van der Waals surface area contributed by atoms with Crippen LogP contribution in [0.25, 0.3) is 0 Å². The van der Waals surface area contributed by atoms with Gasteiger partial charge in [0.1, 0.15) is 5.78 Å². The molecule has 0 bridgehead atoms. The van der Waals surface area contributed by atoms with Gasteiger partial charge < -0.3 is 20.1 Å². The predicted molar refractivity (Wildman–Crippen MR) is 122 cm³/mol. The number of carboxylic acid groups (broad SMARTS) is 1. The minimum absolute atomic E-state index is 0.0615. The Kier molecular flexibility index (Phi) is 11.3. The zero-order valence-electron chi connectivity index (χ0n) is 18.1. The summed E-state index contributed by atoms with van der Waals surface area (Å²) in [6.07, 6.45) is 4.10. The maximum Gasteiger partial charge on any atom is 0.303 e. The lowest BCUT2D eigenvalue weighted by molar-refractivity contribution is -0.137. The van der Waals surface area contributed by atoms with E-state index in [1.54, 1.807) is 23.9 Å². The Morgan fingerprint density at radius 2 is 2.10 bits per heavy atom. The lowest BCUT2D eigenvalue weighted by Crippen LogP contribution is -2.20. The highest BCUT2D eigenvalue weighted by atomic mass is 32.2. The number of aliphatic hydroxyl groups is 2. The molecular formula is C24H34O6S. The lowest BCUT2D eigenvalue weighted by atomic mass is 9.91. The van der Waals surface area contributed by atoms with Crippen molar-refractivity contribution in [2.24, 2.45) is 11.8 Å². The van der Waals surface area contributed by atoms with E-state index in [1.807, 2.05) is 31.2 Å². The van der Waals surface area contributed by atoms with Crippen LogP contribution in [0.15, 0.2) is 36.4 Å². The van der Waals surface area contributed by atoms with Gasteiger partial charge in [-0.25, -0.2) is 0 Å². The first-order chi connectivity index (χ1) is 14.9. The standard InChI is InChI=1S/C24H34O6S/c1-2-30-16-18-6-3-5-17(13-18)14-19(25)8-9-20-21(23(27)15-22(20)26)10-12-31-11-4-7-24(28)29/h3,5-6,8-9,13,19-22,25-26H,2,4,7,10-12,14-16H2,1H3,(H,28,29)/b9-8+/t19-,20-,21-,22-/m1/s1. The van der Waals surface area contributed by atoms with E-state index >= 15 is 0 Å². The van der Waals surface area contributed by atoms with Crippen LogP contribution in [-0.2, 0) is 27.4 Å². The number of aliphatic carboxylic acids is 1. The number of hydrogen-bond acceptors (Lipinski definition) is 6. The van der Waals surface area contributed by atoms with E-state index in [0.717, 1.165) is 22.6 Å². The van der Waals surface area contributed by atoms with Gasteiger partial charge in [-0.3, -0.25) is 9.59 Å². The SMILES string of the molecule is CCOCc1cccc(C[C@H](O)/C=C/[C@H]2[C@H](O)CC(=O)[C@@H]2CCSCCCC(=O)O)c1. The van der Waals surface area contributed by atoms with Crippen LogP contribution in [0.4, 0.5) is 0 Å². The highest BCUT2D eigenvalue weighted by Crippen LogP contribution is 2.34.